The zero-order chi connectivity index (χ0) is 20.5. The van der Waals surface area contributed by atoms with Gasteiger partial charge in [-0.3, -0.25) is 4.79 Å². The fraction of sp³-hybridized carbons (Fsp3) is 0.273. The Kier molecular flexibility index (Phi) is 5.31. The molecule has 0 saturated carbocycles. The zero-order valence-electron chi connectivity index (χ0n) is 16.0. The predicted octanol–water partition coefficient (Wildman–Crippen LogP) is 4.55. The average molecular weight is 385 g/mol. The molecule has 0 atom stereocenters. The van der Waals surface area contributed by atoms with Crippen LogP contribution in [-0.4, -0.2) is 31.5 Å². The fourth-order valence-electron chi connectivity index (χ4n) is 3.41. The van der Waals surface area contributed by atoms with E-state index >= 15 is 0 Å². The van der Waals surface area contributed by atoms with Gasteiger partial charge in [0.2, 0.25) is 0 Å². The SMILES string of the molecule is COC(=O)/C=C1/c2ccccc2N(C(=O)c2ccc(C)cc2C)CCC1(F)F. The van der Waals surface area contributed by atoms with Crippen LogP contribution in [0.15, 0.2) is 48.5 Å². The van der Waals surface area contributed by atoms with Crippen molar-refractivity contribution in [3.63, 3.8) is 0 Å². The van der Waals surface area contributed by atoms with Crippen LogP contribution in [0, 0.1) is 13.8 Å². The highest BCUT2D eigenvalue weighted by atomic mass is 19.3. The summed E-state index contributed by atoms with van der Waals surface area (Å²) in [7, 11) is 1.14. The van der Waals surface area contributed by atoms with Crippen LogP contribution in [0.3, 0.4) is 0 Å². The number of para-hydroxylation sites is 1. The van der Waals surface area contributed by atoms with Gasteiger partial charge in [-0.2, -0.15) is 0 Å². The number of methoxy groups -OCH3 is 1. The molecule has 0 bridgehead atoms. The summed E-state index contributed by atoms with van der Waals surface area (Å²) in [6.45, 7) is 3.57. The Morgan fingerprint density at radius 1 is 1.14 bits per heavy atom. The predicted molar refractivity (Wildman–Crippen MR) is 104 cm³/mol. The van der Waals surface area contributed by atoms with Gasteiger partial charge < -0.3 is 9.64 Å². The van der Waals surface area contributed by atoms with E-state index in [9.17, 15) is 18.4 Å². The molecular weight excluding hydrogens is 364 g/mol. The van der Waals surface area contributed by atoms with Crippen molar-refractivity contribution in [3.05, 3.63) is 70.8 Å². The van der Waals surface area contributed by atoms with Crippen LogP contribution in [0.4, 0.5) is 14.5 Å². The molecule has 1 aliphatic heterocycles. The van der Waals surface area contributed by atoms with Crippen molar-refractivity contribution < 1.29 is 23.1 Å². The molecule has 2 aromatic rings. The highest BCUT2D eigenvalue weighted by molar-refractivity contribution is 6.09. The number of ether oxygens (including phenoxy) is 1. The molecule has 2 aromatic carbocycles. The number of allylic oxidation sites excluding steroid dienone is 1. The largest absolute Gasteiger partial charge is 0.466 e. The van der Waals surface area contributed by atoms with Gasteiger partial charge in [-0.1, -0.05) is 35.9 Å². The smallest absolute Gasteiger partial charge is 0.330 e. The second kappa shape index (κ2) is 7.54. The number of anilines is 1. The summed E-state index contributed by atoms with van der Waals surface area (Å²) >= 11 is 0. The van der Waals surface area contributed by atoms with Crippen LogP contribution in [-0.2, 0) is 9.53 Å². The molecule has 0 N–H and O–H groups in total. The maximum Gasteiger partial charge on any atom is 0.330 e. The molecule has 6 heteroatoms. The number of carbonyl (C=O) groups is 2. The Morgan fingerprint density at radius 3 is 2.54 bits per heavy atom. The average Bonchev–Trinajstić information content (AvgIpc) is 2.76. The van der Waals surface area contributed by atoms with Crippen molar-refractivity contribution in [2.75, 3.05) is 18.6 Å². The number of carbonyl (C=O) groups excluding carboxylic acids is 2. The van der Waals surface area contributed by atoms with E-state index in [4.69, 9.17) is 0 Å². The number of alkyl halides is 2. The van der Waals surface area contributed by atoms with Crippen LogP contribution in [0.25, 0.3) is 5.57 Å². The summed E-state index contributed by atoms with van der Waals surface area (Å²) in [4.78, 5) is 26.3. The topological polar surface area (TPSA) is 46.6 Å². The molecule has 0 spiro atoms. The molecule has 1 heterocycles. The van der Waals surface area contributed by atoms with Crippen molar-refractivity contribution in [1.82, 2.24) is 0 Å². The molecule has 0 fully saturated rings. The second-order valence-electron chi connectivity index (χ2n) is 6.83. The lowest BCUT2D eigenvalue weighted by Crippen LogP contribution is -2.33. The molecular formula is C22H21F2NO3. The minimum atomic E-state index is -3.28. The summed E-state index contributed by atoms with van der Waals surface area (Å²) in [6.07, 6.45) is 0.213. The van der Waals surface area contributed by atoms with Gasteiger partial charge in [0.25, 0.3) is 11.8 Å². The standard InChI is InChI=1S/C22H21F2NO3/c1-14-8-9-16(15(2)12-14)21(27)25-11-10-22(23,24)18(13-20(26)28-3)17-6-4-5-7-19(17)25/h4-9,12-13H,10-11H2,1-3H3/b18-13-. The molecule has 0 radical (unpaired) electrons. The Balaban J connectivity index is 2.14. The number of amides is 1. The minimum absolute atomic E-state index is 0.147. The van der Waals surface area contributed by atoms with E-state index in [1.54, 1.807) is 24.3 Å². The van der Waals surface area contributed by atoms with E-state index in [0.29, 0.717) is 11.3 Å². The summed E-state index contributed by atoms with van der Waals surface area (Å²) in [5, 5.41) is 0. The fourth-order valence-corrected chi connectivity index (χ4v) is 3.41. The van der Waals surface area contributed by atoms with Gasteiger partial charge in [0.1, 0.15) is 0 Å². The summed E-state index contributed by atoms with van der Waals surface area (Å²) in [5.41, 5.74) is 2.31. The summed E-state index contributed by atoms with van der Waals surface area (Å²) in [6, 6.07) is 11.8. The third-order valence-electron chi connectivity index (χ3n) is 4.85. The summed E-state index contributed by atoms with van der Waals surface area (Å²) < 4.78 is 34.3. The van der Waals surface area contributed by atoms with E-state index in [-0.39, 0.29) is 18.0 Å². The van der Waals surface area contributed by atoms with Crippen molar-refractivity contribution in [3.8, 4) is 0 Å². The van der Waals surface area contributed by atoms with Crippen LogP contribution in [0.2, 0.25) is 0 Å². The zero-order valence-corrected chi connectivity index (χ0v) is 16.0. The molecule has 146 valence electrons. The maximum atomic E-state index is 14.9. The number of hydrogen-bond acceptors (Lipinski definition) is 3. The molecule has 3 rings (SSSR count). The highest BCUT2D eigenvalue weighted by Gasteiger charge is 2.41. The quantitative estimate of drug-likeness (QED) is 0.563. The molecule has 0 unspecified atom stereocenters. The Hall–Kier alpha value is -3.02. The van der Waals surface area contributed by atoms with E-state index < -0.39 is 23.9 Å². The Morgan fingerprint density at radius 2 is 1.86 bits per heavy atom. The van der Waals surface area contributed by atoms with E-state index in [0.717, 1.165) is 24.3 Å². The van der Waals surface area contributed by atoms with Crippen molar-refractivity contribution in [2.45, 2.75) is 26.2 Å². The number of halogens is 2. The van der Waals surface area contributed by atoms with Gasteiger partial charge in [-0.05, 0) is 31.5 Å². The first-order valence-electron chi connectivity index (χ1n) is 8.91. The van der Waals surface area contributed by atoms with Gasteiger partial charge in [-0.15, -0.1) is 0 Å². The minimum Gasteiger partial charge on any atom is -0.466 e. The van der Waals surface area contributed by atoms with Crippen LogP contribution in [0.5, 0.6) is 0 Å². The molecule has 0 saturated heterocycles. The molecule has 1 amide bonds. The van der Waals surface area contributed by atoms with Gasteiger partial charge in [-0.25, -0.2) is 13.6 Å². The van der Waals surface area contributed by atoms with E-state index in [1.807, 2.05) is 26.0 Å². The third-order valence-corrected chi connectivity index (χ3v) is 4.85. The number of aryl methyl sites for hydroxylation is 2. The van der Waals surface area contributed by atoms with Gasteiger partial charge >= 0.3 is 5.97 Å². The lowest BCUT2D eigenvalue weighted by Gasteiger charge is -2.23. The monoisotopic (exact) mass is 385 g/mol. The van der Waals surface area contributed by atoms with E-state index in [1.165, 1.54) is 11.0 Å². The molecule has 0 aromatic heterocycles. The number of hydrogen-bond donors (Lipinski definition) is 0. The first kappa shape index (κ1) is 19.7. The summed E-state index contributed by atoms with van der Waals surface area (Å²) in [5.74, 6) is -4.49. The first-order chi connectivity index (χ1) is 13.2. The van der Waals surface area contributed by atoms with Gasteiger partial charge in [0.15, 0.2) is 0 Å². The van der Waals surface area contributed by atoms with Crippen molar-refractivity contribution >= 4 is 23.1 Å². The number of fused-ring (bicyclic) bond motifs is 1. The van der Waals surface area contributed by atoms with Crippen molar-refractivity contribution in [1.29, 1.82) is 0 Å². The third kappa shape index (κ3) is 3.67. The van der Waals surface area contributed by atoms with Gasteiger partial charge in [0, 0.05) is 35.7 Å². The Bertz CT molecular complexity index is 966. The van der Waals surface area contributed by atoms with Crippen LogP contribution >= 0.6 is 0 Å². The molecule has 1 aliphatic rings. The lowest BCUT2D eigenvalue weighted by atomic mass is 9.97. The normalized spacial score (nSPS) is 17.0. The first-order valence-corrected chi connectivity index (χ1v) is 8.91. The van der Waals surface area contributed by atoms with Gasteiger partial charge in [0.05, 0.1) is 12.8 Å². The maximum absolute atomic E-state index is 14.9. The van der Waals surface area contributed by atoms with E-state index in [2.05, 4.69) is 4.74 Å². The van der Waals surface area contributed by atoms with Crippen molar-refractivity contribution in [2.24, 2.45) is 0 Å². The Labute approximate surface area is 162 Å². The number of esters is 1. The number of nitrogens with zero attached hydrogens (tertiary/aromatic N) is 1. The molecule has 0 aliphatic carbocycles. The highest BCUT2D eigenvalue weighted by Crippen LogP contribution is 2.43. The number of rotatable bonds is 2. The second-order valence-corrected chi connectivity index (χ2v) is 6.83. The number of benzene rings is 2. The molecule has 28 heavy (non-hydrogen) atoms. The molecule has 4 nitrogen and oxygen atoms in total. The van der Waals surface area contributed by atoms with Crippen LogP contribution < -0.4 is 4.90 Å². The van der Waals surface area contributed by atoms with Crippen LogP contribution in [0.1, 0.15) is 33.5 Å². The lowest BCUT2D eigenvalue weighted by molar-refractivity contribution is -0.134.